The van der Waals surface area contributed by atoms with Crippen molar-refractivity contribution in [1.29, 1.82) is 0 Å². The highest BCUT2D eigenvalue weighted by molar-refractivity contribution is 5.89. The van der Waals surface area contributed by atoms with E-state index in [9.17, 15) is 4.79 Å². The van der Waals surface area contributed by atoms with E-state index in [1.165, 1.54) is 7.11 Å². The summed E-state index contributed by atoms with van der Waals surface area (Å²) in [6.07, 6.45) is 0.0525. The first-order chi connectivity index (χ1) is 7.60. The van der Waals surface area contributed by atoms with Crippen LogP contribution in [0.25, 0.3) is 0 Å². The monoisotopic (exact) mass is 222 g/mol. The number of benzene rings is 1. The van der Waals surface area contributed by atoms with Crippen LogP contribution >= 0.6 is 0 Å². The molecule has 1 rings (SSSR count). The molecule has 0 radical (unpaired) electrons. The maximum absolute atomic E-state index is 11.3. The van der Waals surface area contributed by atoms with Crippen LogP contribution in [0.3, 0.4) is 0 Å². The highest BCUT2D eigenvalue weighted by Gasteiger charge is 2.11. The Bertz CT molecular complexity index is 371. The maximum Gasteiger partial charge on any atom is 0.337 e. The molecule has 0 saturated heterocycles. The van der Waals surface area contributed by atoms with Crippen LogP contribution in [-0.2, 0) is 9.47 Å². The van der Waals surface area contributed by atoms with E-state index in [1.54, 1.807) is 6.07 Å². The lowest BCUT2D eigenvalue weighted by Crippen LogP contribution is -2.05. The van der Waals surface area contributed by atoms with Crippen molar-refractivity contribution >= 4 is 5.97 Å². The molecule has 1 aromatic carbocycles. The van der Waals surface area contributed by atoms with Gasteiger partial charge in [0.05, 0.1) is 18.8 Å². The number of carbonyl (C=O) groups excluding carboxylic acids is 1. The minimum atomic E-state index is -0.307. The molecule has 0 heterocycles. The molecule has 0 aliphatic carbocycles. The predicted molar refractivity (Wildman–Crippen MR) is 62.6 cm³/mol. The van der Waals surface area contributed by atoms with Crippen molar-refractivity contribution in [2.45, 2.75) is 26.9 Å². The summed E-state index contributed by atoms with van der Waals surface area (Å²) in [5.74, 6) is -0.307. The Hall–Kier alpha value is -1.35. The molecule has 0 aliphatic heterocycles. The molecule has 0 aromatic heterocycles. The number of hydrogen-bond donors (Lipinski definition) is 0. The second kappa shape index (κ2) is 5.66. The molecule has 0 spiro atoms. The molecule has 0 aliphatic rings. The highest BCUT2D eigenvalue weighted by atomic mass is 16.5. The molecule has 0 N–H and O–H groups in total. The van der Waals surface area contributed by atoms with E-state index in [1.807, 2.05) is 32.9 Å². The van der Waals surface area contributed by atoms with Crippen LogP contribution in [0.4, 0.5) is 0 Å². The van der Waals surface area contributed by atoms with E-state index in [0.717, 1.165) is 11.1 Å². The summed E-state index contributed by atoms with van der Waals surface area (Å²) >= 11 is 0. The Labute approximate surface area is 96.4 Å². The first-order valence-electron chi connectivity index (χ1n) is 5.40. The van der Waals surface area contributed by atoms with Gasteiger partial charge in [-0.1, -0.05) is 6.07 Å². The molecule has 0 fully saturated rings. The fourth-order valence-corrected chi connectivity index (χ4v) is 1.72. The van der Waals surface area contributed by atoms with Crippen LogP contribution in [0, 0.1) is 6.92 Å². The van der Waals surface area contributed by atoms with E-state index < -0.39 is 0 Å². The zero-order chi connectivity index (χ0) is 12.1. The molecule has 3 heteroatoms. The molecule has 1 aromatic rings. The molecular formula is C13H18O3. The van der Waals surface area contributed by atoms with Gasteiger partial charge in [-0.25, -0.2) is 4.79 Å². The Kier molecular flexibility index (Phi) is 4.50. The van der Waals surface area contributed by atoms with Crippen LogP contribution < -0.4 is 0 Å². The molecule has 0 bridgehead atoms. The first kappa shape index (κ1) is 12.7. The second-order valence-corrected chi connectivity index (χ2v) is 3.66. The number of hydrogen-bond acceptors (Lipinski definition) is 3. The van der Waals surface area contributed by atoms with Gasteiger partial charge in [-0.05, 0) is 44.0 Å². The van der Waals surface area contributed by atoms with Gasteiger partial charge in [0.1, 0.15) is 0 Å². The number of esters is 1. The predicted octanol–water partition coefficient (Wildman–Crippen LogP) is 2.88. The fraction of sp³-hybridized carbons (Fsp3) is 0.462. The lowest BCUT2D eigenvalue weighted by atomic mass is 10.0. The van der Waals surface area contributed by atoms with Crippen molar-refractivity contribution in [3.8, 4) is 0 Å². The number of ether oxygens (including phenoxy) is 2. The Morgan fingerprint density at radius 2 is 2.12 bits per heavy atom. The molecule has 0 amide bonds. The van der Waals surface area contributed by atoms with Gasteiger partial charge in [-0.15, -0.1) is 0 Å². The molecule has 1 atom stereocenters. The summed E-state index contributed by atoms with van der Waals surface area (Å²) in [5.41, 5.74) is 2.73. The van der Waals surface area contributed by atoms with Gasteiger partial charge >= 0.3 is 5.97 Å². The van der Waals surface area contributed by atoms with Crippen molar-refractivity contribution in [2.24, 2.45) is 0 Å². The number of carbonyl (C=O) groups is 1. The van der Waals surface area contributed by atoms with Crippen LogP contribution in [-0.4, -0.2) is 19.7 Å². The van der Waals surface area contributed by atoms with E-state index >= 15 is 0 Å². The summed E-state index contributed by atoms with van der Waals surface area (Å²) in [6, 6.07) is 5.52. The lowest BCUT2D eigenvalue weighted by molar-refractivity contribution is 0.0599. The number of methoxy groups -OCH3 is 1. The normalized spacial score (nSPS) is 12.2. The molecular weight excluding hydrogens is 204 g/mol. The standard InChI is InChI=1S/C13H18O3/c1-5-16-10(3)12-7-6-11(8-9(12)2)13(14)15-4/h6-8,10H,5H2,1-4H3. The van der Waals surface area contributed by atoms with Crippen molar-refractivity contribution < 1.29 is 14.3 Å². The molecule has 1 unspecified atom stereocenters. The van der Waals surface area contributed by atoms with Crippen molar-refractivity contribution in [3.63, 3.8) is 0 Å². The van der Waals surface area contributed by atoms with Crippen LogP contribution in [0.15, 0.2) is 18.2 Å². The summed E-state index contributed by atoms with van der Waals surface area (Å²) in [4.78, 5) is 11.3. The Balaban J connectivity index is 2.95. The van der Waals surface area contributed by atoms with Gasteiger partial charge < -0.3 is 9.47 Å². The fourth-order valence-electron chi connectivity index (χ4n) is 1.72. The number of aryl methyl sites for hydroxylation is 1. The SMILES string of the molecule is CCOC(C)c1ccc(C(=O)OC)cc1C. The molecule has 16 heavy (non-hydrogen) atoms. The van der Waals surface area contributed by atoms with Gasteiger partial charge in [0.25, 0.3) is 0 Å². The van der Waals surface area contributed by atoms with E-state index in [-0.39, 0.29) is 12.1 Å². The smallest absolute Gasteiger partial charge is 0.337 e. The zero-order valence-corrected chi connectivity index (χ0v) is 10.2. The summed E-state index contributed by atoms with van der Waals surface area (Å²) in [5, 5.41) is 0. The van der Waals surface area contributed by atoms with Gasteiger partial charge in [0, 0.05) is 6.61 Å². The van der Waals surface area contributed by atoms with E-state index in [0.29, 0.717) is 12.2 Å². The van der Waals surface area contributed by atoms with Crippen molar-refractivity contribution in [2.75, 3.05) is 13.7 Å². The third kappa shape index (κ3) is 2.83. The van der Waals surface area contributed by atoms with Gasteiger partial charge in [0.2, 0.25) is 0 Å². The average Bonchev–Trinajstić information content (AvgIpc) is 2.28. The van der Waals surface area contributed by atoms with Gasteiger partial charge in [0.15, 0.2) is 0 Å². The second-order valence-electron chi connectivity index (χ2n) is 3.66. The van der Waals surface area contributed by atoms with E-state index in [2.05, 4.69) is 4.74 Å². The Morgan fingerprint density at radius 1 is 1.44 bits per heavy atom. The summed E-state index contributed by atoms with van der Waals surface area (Å²) in [6.45, 7) is 6.62. The lowest BCUT2D eigenvalue weighted by Gasteiger charge is -2.15. The zero-order valence-electron chi connectivity index (χ0n) is 10.2. The topological polar surface area (TPSA) is 35.5 Å². The van der Waals surface area contributed by atoms with Crippen molar-refractivity contribution in [3.05, 3.63) is 34.9 Å². The highest BCUT2D eigenvalue weighted by Crippen LogP contribution is 2.21. The van der Waals surface area contributed by atoms with Gasteiger partial charge in [-0.2, -0.15) is 0 Å². The van der Waals surface area contributed by atoms with E-state index in [4.69, 9.17) is 4.74 Å². The molecule has 0 saturated carbocycles. The minimum absolute atomic E-state index is 0.0525. The first-order valence-corrected chi connectivity index (χ1v) is 5.40. The Morgan fingerprint density at radius 3 is 2.62 bits per heavy atom. The van der Waals surface area contributed by atoms with Crippen LogP contribution in [0.1, 0.15) is 41.4 Å². The largest absolute Gasteiger partial charge is 0.465 e. The number of rotatable bonds is 4. The van der Waals surface area contributed by atoms with Gasteiger partial charge in [-0.3, -0.25) is 0 Å². The molecule has 3 nitrogen and oxygen atoms in total. The third-order valence-electron chi connectivity index (χ3n) is 2.55. The summed E-state index contributed by atoms with van der Waals surface area (Å²) in [7, 11) is 1.38. The summed E-state index contributed by atoms with van der Waals surface area (Å²) < 4.78 is 10.2. The minimum Gasteiger partial charge on any atom is -0.465 e. The maximum atomic E-state index is 11.3. The average molecular weight is 222 g/mol. The van der Waals surface area contributed by atoms with Crippen LogP contribution in [0.2, 0.25) is 0 Å². The quantitative estimate of drug-likeness (QED) is 0.735. The molecule has 88 valence electrons. The third-order valence-corrected chi connectivity index (χ3v) is 2.55. The van der Waals surface area contributed by atoms with Crippen LogP contribution in [0.5, 0.6) is 0 Å². The van der Waals surface area contributed by atoms with Crippen molar-refractivity contribution in [1.82, 2.24) is 0 Å².